The highest BCUT2D eigenvalue weighted by atomic mass is 16.5. The number of nitrogens with one attached hydrogen (secondary N) is 1. The Kier molecular flexibility index (Phi) is 4.74. The number of benzene rings is 1. The fourth-order valence-corrected chi connectivity index (χ4v) is 2.36. The van der Waals surface area contributed by atoms with Crippen LogP contribution in [0.15, 0.2) is 18.2 Å². The zero-order valence-corrected chi connectivity index (χ0v) is 13.7. The van der Waals surface area contributed by atoms with Gasteiger partial charge < -0.3 is 15.0 Å². The minimum atomic E-state index is -0.464. The third-order valence-electron chi connectivity index (χ3n) is 3.73. The van der Waals surface area contributed by atoms with Crippen LogP contribution in [0, 0.1) is 5.41 Å². The van der Waals surface area contributed by atoms with Crippen LogP contribution in [-0.2, 0) is 9.59 Å². The molecule has 1 aromatic carbocycles. The fourth-order valence-electron chi connectivity index (χ4n) is 2.36. The molecule has 0 radical (unpaired) electrons. The van der Waals surface area contributed by atoms with E-state index in [1.165, 1.54) is 0 Å². The number of methoxy groups -OCH3 is 1. The van der Waals surface area contributed by atoms with E-state index in [4.69, 9.17) is 4.74 Å². The van der Waals surface area contributed by atoms with E-state index < -0.39 is 5.41 Å². The van der Waals surface area contributed by atoms with E-state index in [0.29, 0.717) is 24.4 Å². The molecule has 0 atom stereocenters. The van der Waals surface area contributed by atoms with Crippen LogP contribution in [0.25, 0.3) is 0 Å². The molecule has 0 unspecified atom stereocenters. The minimum Gasteiger partial charge on any atom is -0.494 e. The van der Waals surface area contributed by atoms with Gasteiger partial charge in [0.05, 0.1) is 12.8 Å². The molecule has 1 aliphatic heterocycles. The molecule has 0 aromatic heterocycles. The number of carbonyl (C=O) groups is 2. The van der Waals surface area contributed by atoms with E-state index in [-0.39, 0.29) is 11.8 Å². The van der Waals surface area contributed by atoms with Crippen molar-refractivity contribution < 1.29 is 14.3 Å². The first-order valence-corrected chi connectivity index (χ1v) is 7.63. The molecular formula is C17H24N2O3. The van der Waals surface area contributed by atoms with Crippen LogP contribution in [0.3, 0.4) is 0 Å². The highest BCUT2D eigenvalue weighted by molar-refractivity contribution is 5.97. The van der Waals surface area contributed by atoms with Gasteiger partial charge in [0.2, 0.25) is 11.8 Å². The fraction of sp³-hybridized carbons (Fsp3) is 0.529. The normalized spacial score (nSPS) is 15.6. The van der Waals surface area contributed by atoms with Crippen LogP contribution in [0.2, 0.25) is 0 Å². The van der Waals surface area contributed by atoms with E-state index in [9.17, 15) is 9.59 Å². The van der Waals surface area contributed by atoms with Crippen molar-refractivity contribution in [1.82, 2.24) is 0 Å². The van der Waals surface area contributed by atoms with E-state index in [2.05, 4.69) is 5.32 Å². The van der Waals surface area contributed by atoms with Crippen LogP contribution in [0.5, 0.6) is 5.75 Å². The number of ether oxygens (including phenoxy) is 1. The van der Waals surface area contributed by atoms with Gasteiger partial charge in [-0.1, -0.05) is 20.8 Å². The summed E-state index contributed by atoms with van der Waals surface area (Å²) in [7, 11) is 1.57. The summed E-state index contributed by atoms with van der Waals surface area (Å²) in [6.07, 6.45) is 2.51. The summed E-state index contributed by atoms with van der Waals surface area (Å²) in [6.45, 7) is 6.30. The Bertz CT molecular complexity index is 576. The van der Waals surface area contributed by atoms with Crippen molar-refractivity contribution in [2.24, 2.45) is 5.41 Å². The van der Waals surface area contributed by atoms with Gasteiger partial charge in [0.1, 0.15) is 5.75 Å². The van der Waals surface area contributed by atoms with Crippen LogP contribution in [0.1, 0.15) is 40.0 Å². The number of hydrogen-bond donors (Lipinski definition) is 1. The molecule has 1 aromatic rings. The first-order valence-electron chi connectivity index (χ1n) is 7.63. The monoisotopic (exact) mass is 304 g/mol. The molecule has 0 bridgehead atoms. The average Bonchev–Trinajstić information content (AvgIpc) is 2.47. The largest absolute Gasteiger partial charge is 0.494 e. The number of piperidine rings is 1. The summed E-state index contributed by atoms with van der Waals surface area (Å²) in [5.74, 6) is 0.661. The molecule has 5 nitrogen and oxygen atoms in total. The molecule has 0 spiro atoms. The maximum Gasteiger partial charge on any atom is 0.229 e. The Labute approximate surface area is 131 Å². The van der Waals surface area contributed by atoms with Crippen molar-refractivity contribution in [3.05, 3.63) is 18.2 Å². The number of anilines is 2. The minimum absolute atomic E-state index is 0.0589. The topological polar surface area (TPSA) is 58.6 Å². The lowest BCUT2D eigenvalue weighted by atomic mass is 9.95. The second kappa shape index (κ2) is 6.38. The molecule has 1 saturated heterocycles. The van der Waals surface area contributed by atoms with Gasteiger partial charge in [-0.05, 0) is 25.0 Å². The standard InChI is InChI=1S/C17H24N2O3/c1-17(2,3)16(21)18-12-8-9-13(14(11-12)22-4)19-10-6-5-7-15(19)20/h8-9,11H,5-7,10H2,1-4H3,(H,18,21). The van der Waals surface area contributed by atoms with Crippen LogP contribution in [-0.4, -0.2) is 25.5 Å². The Hall–Kier alpha value is -2.04. The number of carbonyl (C=O) groups excluding carboxylic acids is 2. The summed E-state index contributed by atoms with van der Waals surface area (Å²) in [6, 6.07) is 5.41. The molecule has 0 saturated carbocycles. The Morgan fingerprint density at radius 2 is 2.00 bits per heavy atom. The smallest absolute Gasteiger partial charge is 0.229 e. The van der Waals surface area contributed by atoms with E-state index in [1.54, 1.807) is 18.1 Å². The van der Waals surface area contributed by atoms with E-state index in [1.807, 2.05) is 32.9 Å². The Morgan fingerprint density at radius 3 is 2.59 bits per heavy atom. The molecule has 1 heterocycles. The lowest BCUT2D eigenvalue weighted by molar-refractivity contribution is -0.123. The maximum absolute atomic E-state index is 12.1. The molecule has 0 aliphatic carbocycles. The number of nitrogens with zero attached hydrogens (tertiary/aromatic N) is 1. The number of rotatable bonds is 3. The third kappa shape index (κ3) is 3.59. The first kappa shape index (κ1) is 16.3. The van der Waals surface area contributed by atoms with E-state index >= 15 is 0 Å². The average molecular weight is 304 g/mol. The molecule has 1 N–H and O–H groups in total. The second-order valence-corrected chi connectivity index (χ2v) is 6.59. The van der Waals surface area contributed by atoms with Gasteiger partial charge in [-0.25, -0.2) is 0 Å². The first-order chi connectivity index (χ1) is 10.3. The zero-order chi connectivity index (χ0) is 16.3. The molecule has 1 aliphatic rings. The SMILES string of the molecule is COc1cc(NC(=O)C(C)(C)C)ccc1N1CCCCC1=O. The molecule has 5 heteroatoms. The highest BCUT2D eigenvalue weighted by Gasteiger charge is 2.24. The Morgan fingerprint density at radius 1 is 1.27 bits per heavy atom. The summed E-state index contributed by atoms with van der Waals surface area (Å²) in [5.41, 5.74) is 0.973. The van der Waals surface area contributed by atoms with Gasteiger partial charge >= 0.3 is 0 Å². The Balaban J connectivity index is 2.24. The number of amides is 2. The predicted octanol–water partition coefficient (Wildman–Crippen LogP) is 3.20. The molecular weight excluding hydrogens is 280 g/mol. The van der Waals surface area contributed by atoms with Gasteiger partial charge in [-0.2, -0.15) is 0 Å². The van der Waals surface area contributed by atoms with Crippen LogP contribution >= 0.6 is 0 Å². The van der Waals surface area contributed by atoms with Crippen LogP contribution < -0.4 is 15.0 Å². The van der Waals surface area contributed by atoms with E-state index in [0.717, 1.165) is 18.5 Å². The summed E-state index contributed by atoms with van der Waals surface area (Å²) >= 11 is 0. The van der Waals surface area contributed by atoms with Gasteiger partial charge in [0.25, 0.3) is 0 Å². The van der Waals surface area contributed by atoms with Gasteiger partial charge in [0, 0.05) is 30.1 Å². The summed E-state index contributed by atoms with van der Waals surface area (Å²) in [4.78, 5) is 25.9. The molecule has 2 rings (SSSR count). The van der Waals surface area contributed by atoms with Crippen molar-refractivity contribution >= 4 is 23.2 Å². The molecule has 22 heavy (non-hydrogen) atoms. The molecule has 1 fully saturated rings. The van der Waals surface area contributed by atoms with Gasteiger partial charge in [-0.15, -0.1) is 0 Å². The predicted molar refractivity (Wildman–Crippen MR) is 87.3 cm³/mol. The summed E-state index contributed by atoms with van der Waals surface area (Å²) < 4.78 is 5.41. The quantitative estimate of drug-likeness (QED) is 0.933. The van der Waals surface area contributed by atoms with Crippen molar-refractivity contribution in [3.63, 3.8) is 0 Å². The van der Waals surface area contributed by atoms with Crippen molar-refractivity contribution in [3.8, 4) is 5.75 Å². The molecule has 2 amide bonds. The van der Waals surface area contributed by atoms with Crippen molar-refractivity contribution in [2.75, 3.05) is 23.9 Å². The molecule has 120 valence electrons. The maximum atomic E-state index is 12.1. The van der Waals surface area contributed by atoms with Gasteiger partial charge in [0.15, 0.2) is 0 Å². The highest BCUT2D eigenvalue weighted by Crippen LogP contribution is 2.33. The second-order valence-electron chi connectivity index (χ2n) is 6.59. The lowest BCUT2D eigenvalue weighted by Gasteiger charge is -2.28. The zero-order valence-electron chi connectivity index (χ0n) is 13.7. The summed E-state index contributed by atoms with van der Waals surface area (Å²) in [5, 5.41) is 2.88. The van der Waals surface area contributed by atoms with Crippen molar-refractivity contribution in [2.45, 2.75) is 40.0 Å². The van der Waals surface area contributed by atoms with Gasteiger partial charge in [-0.3, -0.25) is 9.59 Å². The van der Waals surface area contributed by atoms with Crippen molar-refractivity contribution in [1.29, 1.82) is 0 Å². The number of hydrogen-bond acceptors (Lipinski definition) is 3. The van der Waals surface area contributed by atoms with Crippen LogP contribution in [0.4, 0.5) is 11.4 Å². The third-order valence-corrected chi connectivity index (χ3v) is 3.73. The lowest BCUT2D eigenvalue weighted by Crippen LogP contribution is -2.35.